The van der Waals surface area contributed by atoms with Gasteiger partial charge in [0.15, 0.2) is 5.96 Å². The third-order valence-electron chi connectivity index (χ3n) is 5.26. The fourth-order valence-corrected chi connectivity index (χ4v) is 3.62. The van der Waals surface area contributed by atoms with Gasteiger partial charge in [-0.3, -0.25) is 14.7 Å². The average molecular weight is 398 g/mol. The van der Waals surface area contributed by atoms with E-state index in [0.29, 0.717) is 24.6 Å². The van der Waals surface area contributed by atoms with Crippen molar-refractivity contribution in [3.05, 3.63) is 60.1 Å². The van der Waals surface area contributed by atoms with Gasteiger partial charge in [-0.1, -0.05) is 30.3 Å². The second-order valence-corrected chi connectivity index (χ2v) is 7.45. The molecule has 7 nitrogen and oxygen atoms in total. The maximum absolute atomic E-state index is 12.0. The molecule has 1 amide bonds. The van der Waals surface area contributed by atoms with Crippen molar-refractivity contribution in [1.29, 1.82) is 0 Å². The maximum Gasteiger partial charge on any atom is 0.239 e. The number of benzene rings is 1. The zero-order chi connectivity index (χ0) is 20.5. The van der Waals surface area contributed by atoms with Crippen LogP contribution in [0.15, 0.2) is 58.1 Å². The summed E-state index contributed by atoms with van der Waals surface area (Å²) < 4.78 is 5.21. The van der Waals surface area contributed by atoms with Gasteiger partial charge in [-0.25, -0.2) is 0 Å². The Kier molecular flexibility index (Phi) is 7.69. The molecule has 0 radical (unpaired) electrons. The Morgan fingerprint density at radius 1 is 1.21 bits per heavy atom. The van der Waals surface area contributed by atoms with Crippen LogP contribution in [-0.2, 0) is 17.9 Å². The number of nitrogens with one attached hydrogen (secondary N) is 3. The second kappa shape index (κ2) is 10.7. The molecule has 1 saturated heterocycles. The third kappa shape index (κ3) is 6.64. The summed E-state index contributed by atoms with van der Waals surface area (Å²) in [6.45, 7) is 4.85. The minimum Gasteiger partial charge on any atom is -0.467 e. The van der Waals surface area contributed by atoms with Crippen molar-refractivity contribution in [3.63, 3.8) is 0 Å². The van der Waals surface area contributed by atoms with Crippen LogP contribution in [-0.4, -0.2) is 49.0 Å². The highest BCUT2D eigenvalue weighted by Crippen LogP contribution is 2.19. The fourth-order valence-electron chi connectivity index (χ4n) is 3.62. The van der Waals surface area contributed by atoms with Gasteiger partial charge in [0, 0.05) is 32.2 Å². The van der Waals surface area contributed by atoms with E-state index in [1.807, 2.05) is 6.07 Å². The fraction of sp³-hybridized carbons (Fsp3) is 0.455. The molecule has 3 N–H and O–H groups in total. The van der Waals surface area contributed by atoms with Crippen LogP contribution in [0, 0.1) is 0 Å². The molecular formula is C22H31N5O2. The maximum atomic E-state index is 12.0. The van der Waals surface area contributed by atoms with Gasteiger partial charge >= 0.3 is 0 Å². The molecule has 2 unspecified atom stereocenters. The van der Waals surface area contributed by atoms with Crippen molar-refractivity contribution in [3.8, 4) is 0 Å². The summed E-state index contributed by atoms with van der Waals surface area (Å²) in [6.07, 6.45) is 3.68. The number of hydrogen-bond donors (Lipinski definition) is 3. The van der Waals surface area contributed by atoms with E-state index in [4.69, 9.17) is 4.42 Å². The van der Waals surface area contributed by atoms with E-state index in [0.717, 1.165) is 31.7 Å². The van der Waals surface area contributed by atoms with Gasteiger partial charge in [0.1, 0.15) is 5.76 Å². The number of guanidine groups is 1. The molecule has 1 aromatic carbocycles. The molecule has 2 heterocycles. The summed E-state index contributed by atoms with van der Waals surface area (Å²) in [5, 5.41) is 9.37. The number of amides is 1. The van der Waals surface area contributed by atoms with Gasteiger partial charge in [0.25, 0.3) is 0 Å². The van der Waals surface area contributed by atoms with Gasteiger partial charge in [-0.15, -0.1) is 0 Å². The summed E-state index contributed by atoms with van der Waals surface area (Å²) in [5.74, 6) is 1.29. The first-order valence-corrected chi connectivity index (χ1v) is 10.2. The number of piperidine rings is 1. The van der Waals surface area contributed by atoms with E-state index < -0.39 is 0 Å². The molecule has 1 aromatic heterocycles. The van der Waals surface area contributed by atoms with Gasteiger partial charge in [-0.05, 0) is 37.5 Å². The van der Waals surface area contributed by atoms with E-state index >= 15 is 0 Å². The van der Waals surface area contributed by atoms with Crippen LogP contribution in [0.25, 0.3) is 0 Å². The lowest BCUT2D eigenvalue weighted by Crippen LogP contribution is -2.52. The molecule has 2 atom stereocenters. The number of hydrogen-bond acceptors (Lipinski definition) is 4. The van der Waals surface area contributed by atoms with E-state index in [2.05, 4.69) is 63.1 Å². The predicted octanol–water partition coefficient (Wildman–Crippen LogP) is 2.11. The normalized spacial score (nSPS) is 20.3. The summed E-state index contributed by atoms with van der Waals surface area (Å²) >= 11 is 0. The highest BCUT2D eigenvalue weighted by atomic mass is 16.3. The zero-order valence-electron chi connectivity index (χ0n) is 17.2. The van der Waals surface area contributed by atoms with Crippen molar-refractivity contribution >= 4 is 11.9 Å². The smallest absolute Gasteiger partial charge is 0.239 e. The first-order valence-electron chi connectivity index (χ1n) is 10.2. The van der Waals surface area contributed by atoms with Crippen LogP contribution in [0.4, 0.5) is 0 Å². The number of rotatable bonds is 7. The Balaban J connectivity index is 1.39. The number of likely N-dealkylation sites (tertiary alicyclic amines) is 1. The summed E-state index contributed by atoms with van der Waals surface area (Å²) in [7, 11) is 1.73. The number of aliphatic imine (C=N–C) groups is 1. The highest BCUT2D eigenvalue weighted by Gasteiger charge is 2.26. The Labute approximate surface area is 172 Å². The van der Waals surface area contributed by atoms with Crippen molar-refractivity contribution in [2.24, 2.45) is 4.99 Å². The van der Waals surface area contributed by atoms with Crippen LogP contribution in [0.2, 0.25) is 0 Å². The number of furan rings is 1. The monoisotopic (exact) mass is 397 g/mol. The lowest BCUT2D eigenvalue weighted by Gasteiger charge is -2.38. The van der Waals surface area contributed by atoms with E-state index in [1.165, 1.54) is 5.56 Å². The third-order valence-corrected chi connectivity index (χ3v) is 5.26. The Morgan fingerprint density at radius 3 is 2.72 bits per heavy atom. The summed E-state index contributed by atoms with van der Waals surface area (Å²) in [4.78, 5) is 18.8. The molecule has 1 fully saturated rings. The minimum absolute atomic E-state index is 0.101. The molecule has 0 aliphatic carbocycles. The number of nitrogens with zero attached hydrogens (tertiary/aromatic N) is 2. The lowest BCUT2D eigenvalue weighted by molar-refractivity contribution is -0.120. The Morgan fingerprint density at radius 2 is 2.03 bits per heavy atom. The molecular weight excluding hydrogens is 366 g/mol. The van der Waals surface area contributed by atoms with E-state index in [9.17, 15) is 4.79 Å². The summed E-state index contributed by atoms with van der Waals surface area (Å²) in [6, 6.07) is 15.1. The van der Waals surface area contributed by atoms with Gasteiger partial charge in [-0.2, -0.15) is 0 Å². The Hall–Kier alpha value is -2.80. The molecule has 156 valence electrons. The zero-order valence-corrected chi connectivity index (χ0v) is 17.2. The molecule has 0 bridgehead atoms. The van der Waals surface area contributed by atoms with Crippen molar-refractivity contribution in [2.75, 3.05) is 20.1 Å². The van der Waals surface area contributed by atoms with Crippen LogP contribution in [0.5, 0.6) is 0 Å². The molecule has 29 heavy (non-hydrogen) atoms. The van der Waals surface area contributed by atoms with Crippen LogP contribution >= 0.6 is 0 Å². The summed E-state index contributed by atoms with van der Waals surface area (Å²) in [5.41, 5.74) is 1.35. The molecule has 2 aromatic rings. The topological polar surface area (TPSA) is 81.9 Å². The molecule has 7 heteroatoms. The van der Waals surface area contributed by atoms with Gasteiger partial charge in [0.2, 0.25) is 5.91 Å². The number of carbonyl (C=O) groups is 1. The van der Waals surface area contributed by atoms with Gasteiger partial charge < -0.3 is 20.4 Å². The predicted molar refractivity (Wildman–Crippen MR) is 114 cm³/mol. The van der Waals surface area contributed by atoms with Crippen molar-refractivity contribution in [1.82, 2.24) is 20.9 Å². The lowest BCUT2D eigenvalue weighted by atomic mass is 9.97. The SMILES string of the molecule is CN=C(NCC(=O)NCc1ccco1)NC1CCN(Cc2ccccc2)C(C)C1. The van der Waals surface area contributed by atoms with Crippen LogP contribution in [0.3, 0.4) is 0 Å². The average Bonchev–Trinajstić information content (AvgIpc) is 3.26. The van der Waals surface area contributed by atoms with E-state index in [1.54, 1.807) is 19.4 Å². The molecule has 1 aliphatic rings. The highest BCUT2D eigenvalue weighted by molar-refractivity contribution is 5.86. The largest absolute Gasteiger partial charge is 0.467 e. The van der Waals surface area contributed by atoms with Crippen molar-refractivity contribution in [2.45, 2.75) is 44.9 Å². The Bertz CT molecular complexity index is 776. The molecule has 0 saturated carbocycles. The van der Waals surface area contributed by atoms with Crippen LogP contribution < -0.4 is 16.0 Å². The number of carbonyl (C=O) groups excluding carboxylic acids is 1. The quantitative estimate of drug-likeness (QED) is 0.492. The molecule has 0 spiro atoms. The van der Waals surface area contributed by atoms with E-state index in [-0.39, 0.29) is 12.5 Å². The van der Waals surface area contributed by atoms with Crippen molar-refractivity contribution < 1.29 is 9.21 Å². The van der Waals surface area contributed by atoms with Crippen LogP contribution in [0.1, 0.15) is 31.1 Å². The van der Waals surface area contributed by atoms with Gasteiger partial charge in [0.05, 0.1) is 19.4 Å². The molecule has 1 aliphatic heterocycles. The second-order valence-electron chi connectivity index (χ2n) is 7.45. The molecule has 3 rings (SSSR count). The first-order chi connectivity index (χ1) is 14.1. The standard InChI is InChI=1S/C22H31N5O2/c1-17-13-19(10-11-27(17)16-18-7-4-3-5-8-18)26-22(23-2)25-15-21(28)24-14-20-9-6-12-29-20/h3-9,12,17,19H,10-11,13-16H2,1-2H3,(H,24,28)(H2,23,25,26). The minimum atomic E-state index is -0.101. The first kappa shape index (κ1) is 20.9.